The molecule has 0 saturated carbocycles. The Bertz CT molecular complexity index is 948. The van der Waals surface area contributed by atoms with Crippen LogP contribution in [-0.4, -0.2) is 22.8 Å². The normalized spacial score (nSPS) is 12.1. The molecule has 0 aliphatic rings. The second-order valence-electron chi connectivity index (χ2n) is 6.51. The minimum Gasteiger partial charge on any atom is -0.352 e. The zero-order chi connectivity index (χ0) is 20.7. The third-order valence-electron chi connectivity index (χ3n) is 4.27. The van der Waals surface area contributed by atoms with Crippen molar-refractivity contribution in [3.8, 4) is 0 Å². The summed E-state index contributed by atoms with van der Waals surface area (Å²) in [6, 6.07) is 15.3. The number of benzene rings is 2. The fourth-order valence-corrected chi connectivity index (χ4v) is 2.80. The maximum absolute atomic E-state index is 12.8. The summed E-state index contributed by atoms with van der Waals surface area (Å²) in [5.74, 6) is 0.498. The van der Waals surface area contributed by atoms with Gasteiger partial charge in [0.2, 0.25) is 0 Å². The van der Waals surface area contributed by atoms with Gasteiger partial charge in [0.15, 0.2) is 5.96 Å². The van der Waals surface area contributed by atoms with E-state index in [2.05, 4.69) is 20.7 Å². The average molecular weight is 401 g/mol. The van der Waals surface area contributed by atoms with Gasteiger partial charge in [0.05, 0.1) is 18.3 Å². The Balaban J connectivity index is 1.51. The molecular weight excluding hydrogens is 379 g/mol. The van der Waals surface area contributed by atoms with E-state index in [9.17, 15) is 13.2 Å². The summed E-state index contributed by atoms with van der Waals surface area (Å²) in [7, 11) is 1.61. The molecule has 0 amide bonds. The second-order valence-corrected chi connectivity index (χ2v) is 6.51. The molecule has 0 aliphatic carbocycles. The Kier molecular flexibility index (Phi) is 6.54. The Morgan fingerprint density at radius 2 is 1.66 bits per heavy atom. The van der Waals surface area contributed by atoms with Gasteiger partial charge in [0.25, 0.3) is 0 Å². The van der Waals surface area contributed by atoms with Crippen LogP contribution >= 0.6 is 0 Å². The van der Waals surface area contributed by atoms with E-state index in [1.807, 2.05) is 41.2 Å². The van der Waals surface area contributed by atoms with Crippen LogP contribution in [0.4, 0.5) is 13.2 Å². The quantitative estimate of drug-likeness (QED) is 0.488. The maximum Gasteiger partial charge on any atom is 0.416 e. The molecule has 2 N–H and O–H groups in total. The summed E-state index contributed by atoms with van der Waals surface area (Å²) < 4.78 is 40.3. The number of hydrogen-bond acceptors (Lipinski definition) is 2. The van der Waals surface area contributed by atoms with E-state index in [0.29, 0.717) is 24.6 Å². The van der Waals surface area contributed by atoms with E-state index in [1.165, 1.54) is 6.07 Å². The monoisotopic (exact) mass is 401 g/mol. The smallest absolute Gasteiger partial charge is 0.352 e. The van der Waals surface area contributed by atoms with Crippen molar-refractivity contribution in [3.05, 3.63) is 89.2 Å². The lowest BCUT2D eigenvalue weighted by molar-refractivity contribution is -0.137. The zero-order valence-corrected chi connectivity index (χ0v) is 15.9. The Labute approximate surface area is 167 Å². The molecule has 152 valence electrons. The van der Waals surface area contributed by atoms with Crippen molar-refractivity contribution in [3.63, 3.8) is 0 Å². The molecule has 3 aromatic rings. The van der Waals surface area contributed by atoms with Gasteiger partial charge in [-0.1, -0.05) is 42.5 Å². The first kappa shape index (κ1) is 20.4. The summed E-state index contributed by atoms with van der Waals surface area (Å²) in [6.45, 7) is 1.41. The summed E-state index contributed by atoms with van der Waals surface area (Å²) in [4.78, 5) is 4.11. The number of alkyl halides is 3. The van der Waals surface area contributed by atoms with Crippen molar-refractivity contribution in [1.82, 2.24) is 20.4 Å². The van der Waals surface area contributed by atoms with E-state index in [1.54, 1.807) is 19.3 Å². The molecule has 3 rings (SSSR count). The van der Waals surface area contributed by atoms with E-state index in [-0.39, 0.29) is 6.54 Å². The number of rotatable bonds is 6. The van der Waals surface area contributed by atoms with Crippen molar-refractivity contribution < 1.29 is 13.2 Å². The van der Waals surface area contributed by atoms with E-state index in [4.69, 9.17) is 0 Å². The zero-order valence-electron chi connectivity index (χ0n) is 15.9. The molecule has 8 heteroatoms. The lowest BCUT2D eigenvalue weighted by Gasteiger charge is -2.12. The summed E-state index contributed by atoms with van der Waals surface area (Å²) >= 11 is 0. The average Bonchev–Trinajstić information content (AvgIpc) is 3.16. The van der Waals surface area contributed by atoms with Crippen LogP contribution in [0.15, 0.2) is 72.0 Å². The van der Waals surface area contributed by atoms with Crippen molar-refractivity contribution in [1.29, 1.82) is 0 Å². The first-order valence-electron chi connectivity index (χ1n) is 9.10. The highest BCUT2D eigenvalue weighted by Gasteiger charge is 2.30. The van der Waals surface area contributed by atoms with Gasteiger partial charge in [-0.2, -0.15) is 18.3 Å². The van der Waals surface area contributed by atoms with Gasteiger partial charge < -0.3 is 10.6 Å². The van der Waals surface area contributed by atoms with Crippen molar-refractivity contribution in [2.75, 3.05) is 7.05 Å². The van der Waals surface area contributed by atoms with Crippen molar-refractivity contribution >= 4 is 5.96 Å². The van der Waals surface area contributed by atoms with Gasteiger partial charge >= 0.3 is 6.18 Å². The molecule has 0 bridgehead atoms. The van der Waals surface area contributed by atoms with Gasteiger partial charge in [0, 0.05) is 31.9 Å². The van der Waals surface area contributed by atoms with Crippen LogP contribution in [0.3, 0.4) is 0 Å². The highest BCUT2D eigenvalue weighted by Crippen LogP contribution is 2.29. The van der Waals surface area contributed by atoms with E-state index < -0.39 is 11.7 Å². The number of guanidine groups is 1. The molecule has 0 unspecified atom stereocenters. The standard InChI is InChI=1S/C21H22F3N5/c1-25-20(26-11-17-8-5-9-19(10-17)21(22,23)24)27-12-18-13-28-29(15-18)14-16-6-3-2-4-7-16/h2-10,13,15H,11-12,14H2,1H3,(H2,25,26,27). The first-order valence-corrected chi connectivity index (χ1v) is 9.10. The molecule has 29 heavy (non-hydrogen) atoms. The molecule has 1 aromatic heterocycles. The number of aromatic nitrogens is 2. The van der Waals surface area contributed by atoms with Crippen LogP contribution in [0.2, 0.25) is 0 Å². The molecule has 0 fully saturated rings. The van der Waals surface area contributed by atoms with Crippen LogP contribution in [0.5, 0.6) is 0 Å². The Morgan fingerprint density at radius 1 is 0.966 bits per heavy atom. The molecule has 1 heterocycles. The number of nitrogens with zero attached hydrogens (tertiary/aromatic N) is 3. The van der Waals surface area contributed by atoms with Gasteiger partial charge in [-0.3, -0.25) is 9.67 Å². The largest absolute Gasteiger partial charge is 0.416 e. The predicted molar refractivity (Wildman–Crippen MR) is 106 cm³/mol. The minimum atomic E-state index is -4.35. The fraction of sp³-hybridized carbons (Fsp3) is 0.238. The molecule has 0 saturated heterocycles. The summed E-state index contributed by atoms with van der Waals surface area (Å²) in [5.41, 5.74) is 2.00. The molecule has 0 atom stereocenters. The number of hydrogen-bond donors (Lipinski definition) is 2. The number of aliphatic imine (C=N–C) groups is 1. The Hall–Kier alpha value is -3.29. The molecule has 0 spiro atoms. The van der Waals surface area contributed by atoms with Crippen LogP contribution in [0, 0.1) is 0 Å². The van der Waals surface area contributed by atoms with Gasteiger partial charge in [-0.05, 0) is 23.3 Å². The molecule has 0 aliphatic heterocycles. The molecule has 2 aromatic carbocycles. The number of nitrogens with one attached hydrogen (secondary N) is 2. The third-order valence-corrected chi connectivity index (χ3v) is 4.27. The van der Waals surface area contributed by atoms with Crippen LogP contribution in [0.25, 0.3) is 0 Å². The van der Waals surface area contributed by atoms with Gasteiger partial charge in [-0.25, -0.2) is 0 Å². The SMILES string of the molecule is CN=C(NCc1cccc(C(F)(F)F)c1)NCc1cnn(Cc2ccccc2)c1. The van der Waals surface area contributed by atoms with E-state index in [0.717, 1.165) is 23.3 Å². The van der Waals surface area contributed by atoms with Gasteiger partial charge in [-0.15, -0.1) is 0 Å². The first-order chi connectivity index (χ1) is 13.9. The van der Waals surface area contributed by atoms with Crippen LogP contribution in [0.1, 0.15) is 22.3 Å². The van der Waals surface area contributed by atoms with Crippen molar-refractivity contribution in [2.24, 2.45) is 4.99 Å². The lowest BCUT2D eigenvalue weighted by atomic mass is 10.1. The number of halogens is 3. The van der Waals surface area contributed by atoms with Crippen LogP contribution in [-0.2, 0) is 25.8 Å². The van der Waals surface area contributed by atoms with Crippen molar-refractivity contribution in [2.45, 2.75) is 25.8 Å². The minimum absolute atomic E-state index is 0.233. The second kappa shape index (κ2) is 9.27. The lowest BCUT2D eigenvalue weighted by Crippen LogP contribution is -2.36. The summed E-state index contributed by atoms with van der Waals surface area (Å²) in [5, 5.41) is 10.5. The Morgan fingerprint density at radius 3 is 2.34 bits per heavy atom. The fourth-order valence-electron chi connectivity index (χ4n) is 2.80. The third kappa shape index (κ3) is 6.10. The van der Waals surface area contributed by atoms with Crippen LogP contribution < -0.4 is 10.6 Å². The maximum atomic E-state index is 12.8. The topological polar surface area (TPSA) is 54.2 Å². The molecule has 0 radical (unpaired) electrons. The summed E-state index contributed by atoms with van der Waals surface area (Å²) in [6.07, 6.45) is -0.633. The highest BCUT2D eigenvalue weighted by atomic mass is 19.4. The van der Waals surface area contributed by atoms with E-state index >= 15 is 0 Å². The highest BCUT2D eigenvalue weighted by molar-refractivity contribution is 5.79. The van der Waals surface area contributed by atoms with Gasteiger partial charge in [0.1, 0.15) is 0 Å². The molecule has 5 nitrogen and oxygen atoms in total. The predicted octanol–water partition coefficient (Wildman–Crippen LogP) is 3.82. The molecular formula is C21H22F3N5.